The molecule has 0 aliphatic rings. The fourth-order valence-electron chi connectivity index (χ4n) is 1.92. The molecule has 1 aromatic carbocycles. The number of rotatable bonds is 8. The van der Waals surface area contributed by atoms with Crippen LogP contribution < -0.4 is 5.32 Å². The molecule has 5 nitrogen and oxygen atoms in total. The molecule has 1 rings (SSSR count). The first-order valence-corrected chi connectivity index (χ1v) is 7.35. The Bertz CT molecular complexity index is 457. The van der Waals surface area contributed by atoms with Gasteiger partial charge in [-0.05, 0) is 30.5 Å². The minimum Gasteiger partial charge on any atom is -0.481 e. The third-order valence-corrected chi connectivity index (χ3v) is 3.28. The van der Waals surface area contributed by atoms with Gasteiger partial charge in [-0.15, -0.1) is 0 Å². The number of anilines is 1. The summed E-state index contributed by atoms with van der Waals surface area (Å²) >= 11 is 0. The normalized spacial score (nSPS) is 10.2. The Labute approximate surface area is 126 Å². The van der Waals surface area contributed by atoms with E-state index >= 15 is 0 Å². The summed E-state index contributed by atoms with van der Waals surface area (Å²) in [6, 6.07) is 7.49. The summed E-state index contributed by atoms with van der Waals surface area (Å²) in [5.74, 6) is -0.911. The Hall–Kier alpha value is -2.04. The summed E-state index contributed by atoms with van der Waals surface area (Å²) in [5.41, 5.74) is 1.99. The lowest BCUT2D eigenvalue weighted by atomic mass is 10.1. The number of nitrogens with zero attached hydrogens (tertiary/aromatic N) is 1. The average molecular weight is 292 g/mol. The van der Waals surface area contributed by atoms with E-state index in [2.05, 4.69) is 12.2 Å². The van der Waals surface area contributed by atoms with Crippen LogP contribution in [0.2, 0.25) is 0 Å². The summed E-state index contributed by atoms with van der Waals surface area (Å²) in [6.07, 6.45) is 4.62. The van der Waals surface area contributed by atoms with E-state index in [4.69, 9.17) is 5.11 Å². The Morgan fingerprint density at radius 1 is 1.19 bits per heavy atom. The summed E-state index contributed by atoms with van der Waals surface area (Å²) < 4.78 is 0. The lowest BCUT2D eigenvalue weighted by Gasteiger charge is -2.17. The van der Waals surface area contributed by atoms with E-state index in [1.165, 1.54) is 29.7 Å². The van der Waals surface area contributed by atoms with Crippen LogP contribution in [0, 0.1) is 0 Å². The highest BCUT2D eigenvalue weighted by Gasteiger charge is 2.10. The third kappa shape index (κ3) is 6.79. The zero-order chi connectivity index (χ0) is 15.7. The van der Waals surface area contributed by atoms with Crippen molar-refractivity contribution < 1.29 is 14.7 Å². The molecule has 116 valence electrons. The van der Waals surface area contributed by atoms with Gasteiger partial charge in [0.25, 0.3) is 0 Å². The van der Waals surface area contributed by atoms with Gasteiger partial charge in [0, 0.05) is 19.3 Å². The maximum atomic E-state index is 11.8. The second-order valence-electron chi connectivity index (χ2n) is 5.15. The van der Waals surface area contributed by atoms with Crippen LogP contribution in [0.5, 0.6) is 0 Å². The molecule has 21 heavy (non-hydrogen) atoms. The number of unbranched alkanes of at least 4 members (excludes halogenated alkanes) is 2. The first kappa shape index (κ1) is 17.0. The first-order valence-electron chi connectivity index (χ1n) is 7.35. The van der Waals surface area contributed by atoms with Crippen LogP contribution in [0.1, 0.15) is 38.2 Å². The highest BCUT2D eigenvalue weighted by Crippen LogP contribution is 2.12. The van der Waals surface area contributed by atoms with E-state index in [1.807, 2.05) is 24.3 Å². The van der Waals surface area contributed by atoms with Crippen molar-refractivity contribution in [3.63, 3.8) is 0 Å². The molecular weight excluding hydrogens is 268 g/mol. The minimum absolute atomic E-state index is 0.0553. The lowest BCUT2D eigenvalue weighted by molar-refractivity contribution is -0.137. The maximum Gasteiger partial charge on any atom is 0.321 e. The van der Waals surface area contributed by atoms with Crippen molar-refractivity contribution in [1.29, 1.82) is 0 Å². The van der Waals surface area contributed by atoms with E-state index in [0.29, 0.717) is 0 Å². The Kier molecular flexibility index (Phi) is 7.29. The number of aliphatic carboxylic acids is 1. The highest BCUT2D eigenvalue weighted by molar-refractivity contribution is 5.89. The number of benzene rings is 1. The monoisotopic (exact) mass is 292 g/mol. The van der Waals surface area contributed by atoms with Crippen LogP contribution in [-0.4, -0.2) is 35.6 Å². The number of carbonyl (C=O) groups is 2. The largest absolute Gasteiger partial charge is 0.481 e. The van der Waals surface area contributed by atoms with Crippen molar-refractivity contribution >= 4 is 17.7 Å². The van der Waals surface area contributed by atoms with E-state index in [9.17, 15) is 9.59 Å². The van der Waals surface area contributed by atoms with E-state index in [-0.39, 0.29) is 19.0 Å². The maximum absolute atomic E-state index is 11.8. The quantitative estimate of drug-likeness (QED) is 0.722. The smallest absolute Gasteiger partial charge is 0.321 e. The Morgan fingerprint density at radius 3 is 2.43 bits per heavy atom. The summed E-state index contributed by atoms with van der Waals surface area (Å²) in [4.78, 5) is 23.7. The number of carboxylic acid groups (broad SMARTS) is 1. The number of amides is 2. The molecule has 0 saturated heterocycles. The fourth-order valence-corrected chi connectivity index (χ4v) is 1.92. The van der Waals surface area contributed by atoms with Gasteiger partial charge in [-0.3, -0.25) is 4.79 Å². The second-order valence-corrected chi connectivity index (χ2v) is 5.15. The van der Waals surface area contributed by atoms with Gasteiger partial charge in [-0.2, -0.15) is 0 Å². The van der Waals surface area contributed by atoms with E-state index < -0.39 is 5.97 Å². The molecule has 1 aromatic rings. The predicted octanol–water partition coefficient (Wildman–Crippen LogP) is 3.36. The van der Waals surface area contributed by atoms with Crippen molar-refractivity contribution in [1.82, 2.24) is 4.90 Å². The van der Waals surface area contributed by atoms with Crippen LogP contribution >= 0.6 is 0 Å². The van der Waals surface area contributed by atoms with E-state index in [1.54, 1.807) is 7.05 Å². The van der Waals surface area contributed by atoms with Gasteiger partial charge in [0.2, 0.25) is 0 Å². The predicted molar refractivity (Wildman–Crippen MR) is 83.6 cm³/mol. The number of nitrogens with one attached hydrogen (secondary N) is 1. The standard InChI is InChI=1S/C16H24N2O3/c1-3-4-5-6-13-7-9-14(10-8-13)17-16(21)18(2)12-11-15(19)20/h7-10H,3-6,11-12H2,1-2H3,(H,17,21)(H,19,20). The first-order chi connectivity index (χ1) is 10.0. The zero-order valence-corrected chi connectivity index (χ0v) is 12.8. The van der Waals surface area contributed by atoms with Crippen molar-refractivity contribution in [3.05, 3.63) is 29.8 Å². The zero-order valence-electron chi connectivity index (χ0n) is 12.8. The molecular formula is C16H24N2O3. The minimum atomic E-state index is -0.911. The van der Waals surface area contributed by atoms with Crippen molar-refractivity contribution in [2.45, 2.75) is 39.0 Å². The van der Waals surface area contributed by atoms with Gasteiger partial charge in [-0.1, -0.05) is 31.9 Å². The molecule has 0 aliphatic heterocycles. The molecule has 2 N–H and O–H groups in total. The van der Waals surface area contributed by atoms with Crippen LogP contribution in [-0.2, 0) is 11.2 Å². The van der Waals surface area contributed by atoms with Gasteiger partial charge >= 0.3 is 12.0 Å². The van der Waals surface area contributed by atoms with Gasteiger partial charge in [0.1, 0.15) is 0 Å². The molecule has 0 heterocycles. The molecule has 5 heteroatoms. The molecule has 0 saturated carbocycles. The molecule has 0 unspecified atom stereocenters. The molecule has 0 radical (unpaired) electrons. The molecule has 0 aliphatic carbocycles. The lowest BCUT2D eigenvalue weighted by Crippen LogP contribution is -2.33. The summed E-state index contributed by atoms with van der Waals surface area (Å²) in [7, 11) is 1.58. The van der Waals surface area contributed by atoms with Gasteiger partial charge in [0.05, 0.1) is 6.42 Å². The molecule has 0 bridgehead atoms. The van der Waals surface area contributed by atoms with Crippen LogP contribution in [0.3, 0.4) is 0 Å². The molecule has 0 atom stereocenters. The summed E-state index contributed by atoms with van der Waals surface area (Å²) in [6.45, 7) is 2.37. The van der Waals surface area contributed by atoms with Gasteiger partial charge in [0.15, 0.2) is 0 Å². The van der Waals surface area contributed by atoms with Crippen molar-refractivity contribution in [3.8, 4) is 0 Å². The van der Waals surface area contributed by atoms with Gasteiger partial charge < -0.3 is 15.3 Å². The Morgan fingerprint density at radius 2 is 1.86 bits per heavy atom. The second kappa shape index (κ2) is 9.00. The molecule has 2 amide bonds. The number of carbonyl (C=O) groups excluding carboxylic acids is 1. The van der Waals surface area contributed by atoms with Crippen LogP contribution in [0.4, 0.5) is 10.5 Å². The number of urea groups is 1. The number of carboxylic acids is 1. The van der Waals surface area contributed by atoms with Crippen molar-refractivity contribution in [2.24, 2.45) is 0 Å². The molecule has 0 fully saturated rings. The number of hydrogen-bond acceptors (Lipinski definition) is 2. The van der Waals surface area contributed by atoms with E-state index in [0.717, 1.165) is 12.1 Å². The Balaban J connectivity index is 2.43. The number of aryl methyl sites for hydroxylation is 1. The topological polar surface area (TPSA) is 69.6 Å². The van der Waals surface area contributed by atoms with Gasteiger partial charge in [-0.25, -0.2) is 4.79 Å². The third-order valence-electron chi connectivity index (χ3n) is 3.28. The molecule has 0 aromatic heterocycles. The van der Waals surface area contributed by atoms with Crippen LogP contribution in [0.15, 0.2) is 24.3 Å². The SMILES string of the molecule is CCCCCc1ccc(NC(=O)N(C)CCC(=O)O)cc1. The molecule has 0 spiro atoms. The highest BCUT2D eigenvalue weighted by atomic mass is 16.4. The average Bonchev–Trinajstić information content (AvgIpc) is 2.46. The van der Waals surface area contributed by atoms with Crippen LogP contribution in [0.25, 0.3) is 0 Å². The fraction of sp³-hybridized carbons (Fsp3) is 0.500. The van der Waals surface area contributed by atoms with Crippen molar-refractivity contribution in [2.75, 3.05) is 18.9 Å². The summed E-state index contributed by atoms with van der Waals surface area (Å²) in [5, 5.41) is 11.3. The number of hydrogen-bond donors (Lipinski definition) is 2.